The molecule has 1 heterocycles. The summed E-state index contributed by atoms with van der Waals surface area (Å²) in [5.41, 5.74) is -0.376. The van der Waals surface area contributed by atoms with Gasteiger partial charge in [0.1, 0.15) is 0 Å². The highest BCUT2D eigenvalue weighted by Crippen LogP contribution is 2.30. The third kappa shape index (κ3) is 3.00. The molecule has 2 aromatic rings. The van der Waals surface area contributed by atoms with Gasteiger partial charge < -0.3 is 5.32 Å². The van der Waals surface area contributed by atoms with Gasteiger partial charge in [-0.1, -0.05) is 18.2 Å². The number of nitrogens with zero attached hydrogens (tertiary/aromatic N) is 2. The van der Waals surface area contributed by atoms with Crippen LogP contribution in [0.4, 0.5) is 0 Å². The Kier molecular flexibility index (Phi) is 4.41. The van der Waals surface area contributed by atoms with Crippen molar-refractivity contribution in [1.82, 2.24) is 20.1 Å². The predicted molar refractivity (Wildman–Crippen MR) is 78.1 cm³/mol. The first-order valence-electron chi connectivity index (χ1n) is 6.14. The Morgan fingerprint density at radius 2 is 2.05 bits per heavy atom. The van der Waals surface area contributed by atoms with Crippen LogP contribution in [-0.2, 0) is 7.05 Å². The molecule has 1 atom stereocenters. The van der Waals surface area contributed by atoms with Gasteiger partial charge in [-0.05, 0) is 37.4 Å². The summed E-state index contributed by atoms with van der Waals surface area (Å²) in [6.07, 6.45) is 0. The van der Waals surface area contributed by atoms with Crippen LogP contribution in [0, 0.1) is 0 Å². The highest BCUT2D eigenvalue weighted by molar-refractivity contribution is 7.99. The molecule has 0 fully saturated rings. The van der Waals surface area contributed by atoms with E-state index in [0.29, 0.717) is 5.16 Å². The average molecular weight is 292 g/mol. The fraction of sp³-hybridized carbons (Fsp3) is 0.308. The number of nitrogens with one attached hydrogen (secondary N) is 2. The predicted octanol–water partition coefficient (Wildman–Crippen LogP) is 0.900. The molecule has 0 aliphatic carbocycles. The van der Waals surface area contributed by atoms with Crippen molar-refractivity contribution in [2.24, 2.45) is 7.05 Å². The fourth-order valence-corrected chi connectivity index (χ4v) is 2.75. The van der Waals surface area contributed by atoms with E-state index in [4.69, 9.17) is 0 Å². The number of benzene rings is 1. The van der Waals surface area contributed by atoms with Gasteiger partial charge in [0.2, 0.25) is 0 Å². The maximum absolute atomic E-state index is 11.4. The number of hydrogen-bond donors (Lipinski definition) is 2. The number of aromatic amines is 1. The van der Waals surface area contributed by atoms with Gasteiger partial charge in [-0.3, -0.25) is 19.4 Å². The lowest BCUT2D eigenvalue weighted by Crippen LogP contribution is -2.33. The minimum atomic E-state index is -0.773. The van der Waals surface area contributed by atoms with Crippen LogP contribution in [0.1, 0.15) is 18.5 Å². The second-order valence-electron chi connectivity index (χ2n) is 4.35. The molecule has 106 valence electrons. The summed E-state index contributed by atoms with van der Waals surface area (Å²) in [6, 6.07) is 8.06. The van der Waals surface area contributed by atoms with Crippen LogP contribution in [0.3, 0.4) is 0 Å². The fourth-order valence-electron chi connectivity index (χ4n) is 1.74. The van der Waals surface area contributed by atoms with Gasteiger partial charge in [0.05, 0.1) is 0 Å². The molecule has 1 aromatic heterocycles. The van der Waals surface area contributed by atoms with Crippen molar-refractivity contribution in [3.63, 3.8) is 0 Å². The molecular formula is C13H16N4O2S. The molecule has 7 heteroatoms. The van der Waals surface area contributed by atoms with E-state index in [-0.39, 0.29) is 6.04 Å². The topological polar surface area (TPSA) is 79.8 Å². The summed E-state index contributed by atoms with van der Waals surface area (Å²) in [6.45, 7) is 2.05. The molecule has 6 nitrogen and oxygen atoms in total. The van der Waals surface area contributed by atoms with Crippen molar-refractivity contribution in [3.05, 3.63) is 50.5 Å². The summed E-state index contributed by atoms with van der Waals surface area (Å²) < 4.78 is 1.45. The second kappa shape index (κ2) is 6.06. The van der Waals surface area contributed by atoms with Gasteiger partial charge in [-0.15, -0.1) is 0 Å². The summed E-state index contributed by atoms with van der Waals surface area (Å²) in [5, 5.41) is 6.07. The molecule has 20 heavy (non-hydrogen) atoms. The number of H-pyrrole nitrogens is 1. The van der Waals surface area contributed by atoms with E-state index in [1.807, 2.05) is 31.3 Å². The van der Waals surface area contributed by atoms with E-state index in [2.05, 4.69) is 22.3 Å². The first-order chi connectivity index (χ1) is 9.52. The average Bonchev–Trinajstić information content (AvgIpc) is 2.44. The smallest absolute Gasteiger partial charge is 0.313 e. The molecule has 0 aliphatic rings. The molecule has 0 aliphatic heterocycles. The summed E-state index contributed by atoms with van der Waals surface area (Å²) in [7, 11) is 3.54. The van der Waals surface area contributed by atoms with E-state index in [1.54, 1.807) is 7.05 Å². The van der Waals surface area contributed by atoms with Gasteiger partial charge in [0, 0.05) is 18.0 Å². The Bertz CT molecular complexity index is 723. The Hall–Kier alpha value is -1.86. The standard InChI is InChI=1S/C13H16N4O2S/c1-8(14-2)9-6-4-5-7-10(9)20-13-15-11(18)12(19)16-17(13)3/h4-8,14H,1-3H3,(H,16,19). The van der Waals surface area contributed by atoms with E-state index < -0.39 is 11.1 Å². The van der Waals surface area contributed by atoms with Crippen molar-refractivity contribution >= 4 is 11.8 Å². The summed E-state index contributed by atoms with van der Waals surface area (Å²) in [4.78, 5) is 27.3. The van der Waals surface area contributed by atoms with Gasteiger partial charge in [0.15, 0.2) is 5.16 Å². The van der Waals surface area contributed by atoms with Crippen molar-refractivity contribution < 1.29 is 0 Å². The molecule has 0 saturated heterocycles. The van der Waals surface area contributed by atoms with Crippen LogP contribution in [0.2, 0.25) is 0 Å². The first-order valence-corrected chi connectivity index (χ1v) is 6.96. The lowest BCUT2D eigenvalue weighted by molar-refractivity contribution is 0.595. The largest absolute Gasteiger partial charge is 0.339 e. The van der Waals surface area contributed by atoms with Crippen molar-refractivity contribution in [3.8, 4) is 0 Å². The van der Waals surface area contributed by atoms with Gasteiger partial charge in [-0.25, -0.2) is 0 Å². The molecule has 0 bridgehead atoms. The maximum atomic E-state index is 11.4. The number of aromatic nitrogens is 3. The van der Waals surface area contributed by atoms with Crippen LogP contribution in [0.15, 0.2) is 43.9 Å². The van der Waals surface area contributed by atoms with Gasteiger partial charge in [-0.2, -0.15) is 4.98 Å². The number of hydrogen-bond acceptors (Lipinski definition) is 5. The Balaban J connectivity index is 2.43. The molecule has 0 spiro atoms. The van der Waals surface area contributed by atoms with Gasteiger partial charge >= 0.3 is 11.1 Å². The Morgan fingerprint density at radius 3 is 2.75 bits per heavy atom. The van der Waals surface area contributed by atoms with E-state index in [0.717, 1.165) is 10.5 Å². The lowest BCUT2D eigenvalue weighted by atomic mass is 10.1. The van der Waals surface area contributed by atoms with Crippen LogP contribution < -0.4 is 16.4 Å². The molecule has 1 unspecified atom stereocenters. The van der Waals surface area contributed by atoms with Crippen molar-refractivity contribution in [2.45, 2.75) is 23.0 Å². The maximum Gasteiger partial charge on any atom is 0.339 e. The third-order valence-electron chi connectivity index (χ3n) is 2.97. The van der Waals surface area contributed by atoms with Crippen LogP contribution >= 0.6 is 11.8 Å². The molecule has 2 rings (SSSR count). The monoisotopic (exact) mass is 292 g/mol. The van der Waals surface area contributed by atoms with Crippen LogP contribution in [0.25, 0.3) is 0 Å². The zero-order valence-corrected chi connectivity index (χ0v) is 12.3. The van der Waals surface area contributed by atoms with E-state index >= 15 is 0 Å². The minimum absolute atomic E-state index is 0.179. The van der Waals surface area contributed by atoms with Crippen LogP contribution in [-0.4, -0.2) is 21.8 Å². The SMILES string of the molecule is CNC(C)c1ccccc1Sc1nc(=O)c(=O)[nH]n1C. The second-order valence-corrected chi connectivity index (χ2v) is 5.36. The van der Waals surface area contributed by atoms with E-state index in [1.165, 1.54) is 16.4 Å². The summed E-state index contributed by atoms with van der Waals surface area (Å²) in [5.74, 6) is 0. The lowest BCUT2D eigenvalue weighted by Gasteiger charge is -2.15. The Labute approximate surface area is 120 Å². The molecular weight excluding hydrogens is 276 g/mol. The molecule has 1 aromatic carbocycles. The van der Waals surface area contributed by atoms with Gasteiger partial charge in [0.25, 0.3) is 0 Å². The first kappa shape index (κ1) is 14.5. The quantitative estimate of drug-likeness (QED) is 0.819. The third-order valence-corrected chi connectivity index (χ3v) is 4.11. The highest BCUT2D eigenvalue weighted by atomic mass is 32.2. The molecule has 0 saturated carbocycles. The van der Waals surface area contributed by atoms with Crippen molar-refractivity contribution in [1.29, 1.82) is 0 Å². The normalized spacial score (nSPS) is 12.3. The highest BCUT2D eigenvalue weighted by Gasteiger charge is 2.12. The van der Waals surface area contributed by atoms with Crippen molar-refractivity contribution in [2.75, 3.05) is 7.05 Å². The molecule has 2 N–H and O–H groups in total. The number of rotatable bonds is 4. The zero-order chi connectivity index (χ0) is 14.7. The zero-order valence-electron chi connectivity index (χ0n) is 11.5. The van der Waals surface area contributed by atoms with Crippen LogP contribution in [0.5, 0.6) is 0 Å². The number of aryl methyl sites for hydroxylation is 1. The molecule has 0 amide bonds. The minimum Gasteiger partial charge on any atom is -0.313 e. The summed E-state index contributed by atoms with van der Waals surface area (Å²) >= 11 is 1.35. The van der Waals surface area contributed by atoms with E-state index in [9.17, 15) is 9.59 Å². The Morgan fingerprint density at radius 1 is 1.35 bits per heavy atom. The molecule has 0 radical (unpaired) electrons.